The Bertz CT molecular complexity index is 644. The van der Waals surface area contributed by atoms with Gasteiger partial charge in [-0.25, -0.2) is 4.79 Å². The van der Waals surface area contributed by atoms with Gasteiger partial charge in [0.1, 0.15) is 0 Å². The molecule has 4 N–H and O–H groups in total. The average molecular weight is 291 g/mol. The van der Waals surface area contributed by atoms with E-state index in [4.69, 9.17) is 22.4 Å². The molecule has 20 heavy (non-hydrogen) atoms. The van der Waals surface area contributed by atoms with E-state index in [9.17, 15) is 4.79 Å². The summed E-state index contributed by atoms with van der Waals surface area (Å²) in [6, 6.07) is 12.0. The lowest BCUT2D eigenvalue weighted by atomic mass is 10.1. The maximum Gasteiger partial charge on any atom is 0.335 e. The molecular formula is C15H15ClN2O2. The number of anilines is 2. The Morgan fingerprint density at radius 3 is 2.65 bits per heavy atom. The number of hydrogen-bond donors (Lipinski definition) is 3. The van der Waals surface area contributed by atoms with Crippen molar-refractivity contribution in [2.75, 3.05) is 11.1 Å². The van der Waals surface area contributed by atoms with E-state index in [0.29, 0.717) is 16.4 Å². The fraction of sp³-hybridized carbons (Fsp3) is 0.133. The second-order valence-electron chi connectivity index (χ2n) is 4.49. The van der Waals surface area contributed by atoms with Gasteiger partial charge in [0, 0.05) is 5.02 Å². The summed E-state index contributed by atoms with van der Waals surface area (Å²) in [6.45, 7) is 1.94. The van der Waals surface area contributed by atoms with E-state index in [1.807, 2.05) is 31.2 Å². The van der Waals surface area contributed by atoms with Gasteiger partial charge in [0.2, 0.25) is 0 Å². The van der Waals surface area contributed by atoms with Crippen LogP contribution in [-0.2, 0) is 0 Å². The zero-order valence-electron chi connectivity index (χ0n) is 10.9. The number of hydrogen-bond acceptors (Lipinski definition) is 3. The van der Waals surface area contributed by atoms with E-state index < -0.39 is 5.97 Å². The summed E-state index contributed by atoms with van der Waals surface area (Å²) >= 11 is 6.14. The van der Waals surface area contributed by atoms with Gasteiger partial charge in [0.25, 0.3) is 0 Å². The molecule has 0 fully saturated rings. The van der Waals surface area contributed by atoms with E-state index >= 15 is 0 Å². The highest BCUT2D eigenvalue weighted by Crippen LogP contribution is 2.28. The van der Waals surface area contributed by atoms with Crippen molar-refractivity contribution >= 4 is 28.9 Å². The Labute approximate surface area is 122 Å². The lowest BCUT2D eigenvalue weighted by Crippen LogP contribution is -2.10. The number of nitrogens with one attached hydrogen (secondary N) is 1. The molecular weight excluding hydrogens is 276 g/mol. The Morgan fingerprint density at radius 1 is 1.30 bits per heavy atom. The van der Waals surface area contributed by atoms with Crippen LogP contribution in [0.5, 0.6) is 0 Å². The summed E-state index contributed by atoms with van der Waals surface area (Å²) in [6.07, 6.45) is 0. The second kappa shape index (κ2) is 5.84. The highest BCUT2D eigenvalue weighted by molar-refractivity contribution is 6.31. The number of halogens is 1. The van der Waals surface area contributed by atoms with E-state index in [2.05, 4.69) is 5.32 Å². The SMILES string of the molecule is CC(Nc1cc(C(=O)O)ccc1N)c1ccccc1Cl. The molecule has 2 aromatic rings. The van der Waals surface area contributed by atoms with E-state index in [1.54, 1.807) is 6.07 Å². The van der Waals surface area contributed by atoms with Gasteiger partial charge in [0.15, 0.2) is 0 Å². The van der Waals surface area contributed by atoms with Crippen LogP contribution in [0.25, 0.3) is 0 Å². The monoisotopic (exact) mass is 290 g/mol. The quantitative estimate of drug-likeness (QED) is 0.749. The Kier molecular flexibility index (Phi) is 4.15. The average Bonchev–Trinajstić information content (AvgIpc) is 2.41. The van der Waals surface area contributed by atoms with Gasteiger partial charge in [-0.1, -0.05) is 29.8 Å². The standard InChI is InChI=1S/C15H15ClN2O2/c1-9(11-4-2-3-5-12(11)16)18-14-8-10(15(19)20)6-7-13(14)17/h2-9,18H,17H2,1H3,(H,19,20). The molecule has 1 atom stereocenters. The number of carbonyl (C=O) groups is 1. The second-order valence-corrected chi connectivity index (χ2v) is 4.90. The molecule has 0 saturated carbocycles. The summed E-state index contributed by atoms with van der Waals surface area (Å²) in [7, 11) is 0. The smallest absolute Gasteiger partial charge is 0.335 e. The van der Waals surface area contributed by atoms with Gasteiger partial charge in [-0.3, -0.25) is 0 Å². The van der Waals surface area contributed by atoms with Crippen LogP contribution in [0, 0.1) is 0 Å². The predicted molar refractivity (Wildman–Crippen MR) is 81.3 cm³/mol. The van der Waals surface area contributed by atoms with Crippen molar-refractivity contribution in [1.82, 2.24) is 0 Å². The minimum atomic E-state index is -0.988. The first-order valence-electron chi connectivity index (χ1n) is 6.13. The van der Waals surface area contributed by atoms with Gasteiger partial charge < -0.3 is 16.2 Å². The number of rotatable bonds is 4. The normalized spacial score (nSPS) is 11.9. The molecule has 0 spiro atoms. The maximum atomic E-state index is 11.0. The molecule has 0 aliphatic heterocycles. The number of aromatic carboxylic acids is 1. The van der Waals surface area contributed by atoms with Crippen molar-refractivity contribution in [3.05, 3.63) is 58.6 Å². The number of nitrogen functional groups attached to an aromatic ring is 1. The largest absolute Gasteiger partial charge is 0.478 e. The van der Waals surface area contributed by atoms with Crippen molar-refractivity contribution in [3.63, 3.8) is 0 Å². The topological polar surface area (TPSA) is 75.3 Å². The number of nitrogens with two attached hydrogens (primary N) is 1. The molecule has 2 rings (SSSR count). The zero-order valence-corrected chi connectivity index (χ0v) is 11.7. The Morgan fingerprint density at radius 2 is 2.00 bits per heavy atom. The van der Waals surface area contributed by atoms with Gasteiger partial charge in [-0.15, -0.1) is 0 Å². The molecule has 5 heteroatoms. The molecule has 2 aromatic carbocycles. The molecule has 0 radical (unpaired) electrons. The number of carboxylic acids is 1. The Hall–Kier alpha value is -2.20. The highest BCUT2D eigenvalue weighted by atomic mass is 35.5. The molecule has 0 aromatic heterocycles. The number of benzene rings is 2. The zero-order chi connectivity index (χ0) is 14.7. The lowest BCUT2D eigenvalue weighted by Gasteiger charge is -2.18. The lowest BCUT2D eigenvalue weighted by molar-refractivity contribution is 0.0697. The molecule has 0 amide bonds. The van der Waals surface area contributed by atoms with Gasteiger partial charge in [-0.2, -0.15) is 0 Å². The van der Waals surface area contributed by atoms with E-state index in [-0.39, 0.29) is 11.6 Å². The van der Waals surface area contributed by atoms with Gasteiger partial charge in [0.05, 0.1) is 23.0 Å². The fourth-order valence-electron chi connectivity index (χ4n) is 1.95. The van der Waals surface area contributed by atoms with Crippen LogP contribution in [-0.4, -0.2) is 11.1 Å². The third kappa shape index (κ3) is 3.03. The van der Waals surface area contributed by atoms with Crippen molar-refractivity contribution in [3.8, 4) is 0 Å². The summed E-state index contributed by atoms with van der Waals surface area (Å²) in [5, 5.41) is 12.8. The van der Waals surface area contributed by atoms with Crippen LogP contribution >= 0.6 is 11.6 Å². The van der Waals surface area contributed by atoms with Crippen LogP contribution < -0.4 is 11.1 Å². The van der Waals surface area contributed by atoms with Crippen LogP contribution in [0.15, 0.2) is 42.5 Å². The summed E-state index contributed by atoms with van der Waals surface area (Å²) in [5.41, 5.74) is 8.05. The fourth-order valence-corrected chi connectivity index (χ4v) is 2.25. The highest BCUT2D eigenvalue weighted by Gasteiger charge is 2.12. The van der Waals surface area contributed by atoms with Crippen molar-refractivity contribution in [2.24, 2.45) is 0 Å². The van der Waals surface area contributed by atoms with Gasteiger partial charge in [-0.05, 0) is 36.8 Å². The minimum absolute atomic E-state index is 0.0879. The van der Waals surface area contributed by atoms with Crippen LogP contribution in [0.4, 0.5) is 11.4 Å². The molecule has 0 aliphatic carbocycles. The predicted octanol–water partition coefficient (Wildman–Crippen LogP) is 3.79. The number of carboxylic acid groups (broad SMARTS) is 1. The van der Waals surface area contributed by atoms with Crippen LogP contribution in [0.1, 0.15) is 28.9 Å². The molecule has 4 nitrogen and oxygen atoms in total. The molecule has 104 valence electrons. The third-order valence-corrected chi connectivity index (χ3v) is 3.39. The summed E-state index contributed by atoms with van der Waals surface area (Å²) in [5.74, 6) is -0.988. The van der Waals surface area contributed by atoms with Crippen molar-refractivity contribution in [2.45, 2.75) is 13.0 Å². The van der Waals surface area contributed by atoms with Crippen molar-refractivity contribution < 1.29 is 9.90 Å². The summed E-state index contributed by atoms with van der Waals surface area (Å²) in [4.78, 5) is 11.0. The van der Waals surface area contributed by atoms with Crippen molar-refractivity contribution in [1.29, 1.82) is 0 Å². The van der Waals surface area contributed by atoms with E-state index in [0.717, 1.165) is 5.56 Å². The summed E-state index contributed by atoms with van der Waals surface area (Å²) < 4.78 is 0. The Balaban J connectivity index is 2.28. The molecule has 0 aliphatic rings. The molecule has 0 saturated heterocycles. The third-order valence-electron chi connectivity index (χ3n) is 3.04. The van der Waals surface area contributed by atoms with Gasteiger partial charge >= 0.3 is 5.97 Å². The van der Waals surface area contributed by atoms with Crippen LogP contribution in [0.3, 0.4) is 0 Å². The first-order chi connectivity index (χ1) is 9.49. The molecule has 1 unspecified atom stereocenters. The van der Waals surface area contributed by atoms with E-state index in [1.165, 1.54) is 12.1 Å². The molecule has 0 heterocycles. The maximum absolute atomic E-state index is 11.0. The van der Waals surface area contributed by atoms with Crippen LogP contribution in [0.2, 0.25) is 5.02 Å². The molecule has 0 bridgehead atoms. The first kappa shape index (κ1) is 14.2. The first-order valence-corrected chi connectivity index (χ1v) is 6.50. The minimum Gasteiger partial charge on any atom is -0.478 e.